The van der Waals surface area contributed by atoms with E-state index in [0.717, 1.165) is 40.6 Å². The molecule has 1 fully saturated rings. The molecule has 2 aromatic heterocycles. The number of amides is 1. The first-order valence-corrected chi connectivity index (χ1v) is 11.3. The minimum atomic E-state index is -3.69. The summed E-state index contributed by atoms with van der Waals surface area (Å²) in [5.74, 6) is -2.53. The Hall–Kier alpha value is -3.15. The van der Waals surface area contributed by atoms with Crippen molar-refractivity contribution in [1.29, 1.82) is 0 Å². The molecular formula is C19H19F2N5O4S. The maximum Gasteiger partial charge on any atom is 0.367 e. The van der Waals surface area contributed by atoms with Crippen LogP contribution in [0.1, 0.15) is 32.1 Å². The number of nitrogens with zero attached hydrogens (tertiary/aromatic N) is 4. The number of halogens is 2. The highest BCUT2D eigenvalue weighted by molar-refractivity contribution is 7.92. The molecule has 3 aromatic rings. The van der Waals surface area contributed by atoms with Crippen LogP contribution in [0.3, 0.4) is 0 Å². The third-order valence-electron chi connectivity index (χ3n) is 5.20. The summed E-state index contributed by atoms with van der Waals surface area (Å²) in [5, 5.41) is 9.40. The van der Waals surface area contributed by atoms with E-state index in [0.29, 0.717) is 18.9 Å². The van der Waals surface area contributed by atoms with E-state index in [9.17, 15) is 26.8 Å². The molecule has 9 nitrogen and oxygen atoms in total. The summed E-state index contributed by atoms with van der Waals surface area (Å²) in [7, 11) is -3.69. The van der Waals surface area contributed by atoms with Crippen LogP contribution in [0.4, 0.5) is 14.5 Å². The Balaban J connectivity index is 1.58. The van der Waals surface area contributed by atoms with Crippen molar-refractivity contribution >= 4 is 27.1 Å². The molecule has 0 atom stereocenters. The van der Waals surface area contributed by atoms with Gasteiger partial charge in [0.1, 0.15) is 18.2 Å². The van der Waals surface area contributed by atoms with Gasteiger partial charge in [0.05, 0.1) is 10.9 Å². The quantitative estimate of drug-likeness (QED) is 0.634. The molecule has 0 bridgehead atoms. The molecule has 12 heteroatoms. The van der Waals surface area contributed by atoms with Gasteiger partial charge in [0.25, 0.3) is 0 Å². The number of anilines is 1. The molecule has 2 heterocycles. The van der Waals surface area contributed by atoms with Crippen molar-refractivity contribution < 1.29 is 22.0 Å². The molecule has 0 spiro atoms. The van der Waals surface area contributed by atoms with Crippen LogP contribution < -0.4 is 11.0 Å². The maximum absolute atomic E-state index is 13.7. The first-order chi connectivity index (χ1) is 14.8. The van der Waals surface area contributed by atoms with Gasteiger partial charge in [-0.3, -0.25) is 4.79 Å². The standard InChI is InChI=1S/C19H19F2N5O4S/c20-12-6-7-15(14(21)10-12)22-17(27)11-25-19(28)26-16(23-25)8-9-18(24-26)31(29,30)13-4-2-1-3-5-13/h6-10,13H,1-5,11H2,(H,22,27). The molecule has 164 valence electrons. The van der Waals surface area contributed by atoms with Gasteiger partial charge < -0.3 is 5.32 Å². The first kappa shape index (κ1) is 21.1. The normalized spacial score (nSPS) is 15.3. The topological polar surface area (TPSA) is 115 Å². The summed E-state index contributed by atoms with van der Waals surface area (Å²) in [4.78, 5) is 24.8. The number of carbonyl (C=O) groups is 1. The largest absolute Gasteiger partial charge is 0.367 e. The lowest BCUT2D eigenvalue weighted by Crippen LogP contribution is -2.30. The van der Waals surface area contributed by atoms with Crippen LogP contribution in [0.2, 0.25) is 0 Å². The molecule has 0 saturated heterocycles. The van der Waals surface area contributed by atoms with Crippen LogP contribution in [-0.4, -0.2) is 39.0 Å². The fourth-order valence-corrected chi connectivity index (χ4v) is 5.36. The molecule has 1 N–H and O–H groups in total. The average molecular weight is 451 g/mol. The minimum Gasteiger partial charge on any atom is -0.322 e. The SMILES string of the molecule is O=C(Cn1nc2ccc(S(=O)(=O)C3CCCCC3)nn2c1=O)Nc1ccc(F)cc1F. The predicted molar refractivity (Wildman–Crippen MR) is 106 cm³/mol. The van der Waals surface area contributed by atoms with Crippen molar-refractivity contribution in [2.24, 2.45) is 0 Å². The molecule has 1 aromatic carbocycles. The number of sulfone groups is 1. The second-order valence-corrected chi connectivity index (χ2v) is 9.53. The Labute approximate surface area is 175 Å². The average Bonchev–Trinajstić information content (AvgIpc) is 3.05. The minimum absolute atomic E-state index is 0.0633. The summed E-state index contributed by atoms with van der Waals surface area (Å²) in [6, 6.07) is 5.29. The van der Waals surface area contributed by atoms with Crippen molar-refractivity contribution in [2.75, 3.05) is 5.32 Å². The van der Waals surface area contributed by atoms with E-state index in [4.69, 9.17) is 0 Å². The van der Waals surface area contributed by atoms with E-state index in [1.165, 1.54) is 12.1 Å². The molecule has 1 aliphatic carbocycles. The van der Waals surface area contributed by atoms with Crippen LogP contribution in [0.15, 0.2) is 40.2 Å². The van der Waals surface area contributed by atoms with Gasteiger partial charge in [0, 0.05) is 6.07 Å². The van der Waals surface area contributed by atoms with Gasteiger partial charge in [-0.2, -0.15) is 4.52 Å². The van der Waals surface area contributed by atoms with Crippen molar-refractivity contribution in [2.45, 2.75) is 48.9 Å². The number of fused-ring (bicyclic) bond motifs is 1. The third-order valence-corrected chi connectivity index (χ3v) is 7.35. The summed E-state index contributed by atoms with van der Waals surface area (Å²) in [5.41, 5.74) is -0.999. The second kappa shape index (κ2) is 8.17. The zero-order chi connectivity index (χ0) is 22.2. The Kier molecular flexibility index (Phi) is 5.56. The van der Waals surface area contributed by atoms with Crippen LogP contribution >= 0.6 is 0 Å². The Morgan fingerprint density at radius 3 is 2.55 bits per heavy atom. The molecule has 0 aliphatic heterocycles. The molecule has 1 amide bonds. The van der Waals surface area contributed by atoms with Crippen LogP contribution in [0, 0.1) is 11.6 Å². The molecule has 4 rings (SSSR count). The van der Waals surface area contributed by atoms with E-state index in [2.05, 4.69) is 15.5 Å². The monoisotopic (exact) mass is 451 g/mol. The van der Waals surface area contributed by atoms with Gasteiger partial charge in [0.15, 0.2) is 20.5 Å². The van der Waals surface area contributed by atoms with Crippen molar-refractivity contribution in [1.82, 2.24) is 19.4 Å². The second-order valence-electron chi connectivity index (χ2n) is 7.36. The third kappa shape index (κ3) is 4.20. The van der Waals surface area contributed by atoms with Crippen molar-refractivity contribution in [3.63, 3.8) is 0 Å². The number of benzene rings is 1. The molecule has 0 unspecified atom stereocenters. The number of aromatic nitrogens is 4. The zero-order valence-electron chi connectivity index (χ0n) is 16.3. The van der Waals surface area contributed by atoms with E-state index in [-0.39, 0.29) is 16.4 Å². The van der Waals surface area contributed by atoms with Crippen molar-refractivity contribution in [3.05, 3.63) is 52.5 Å². The molecule has 1 saturated carbocycles. The van der Waals surface area contributed by atoms with Gasteiger partial charge in [-0.25, -0.2) is 26.7 Å². The summed E-state index contributed by atoms with van der Waals surface area (Å²) in [6.07, 6.45) is 3.75. The highest BCUT2D eigenvalue weighted by atomic mass is 32.2. The molecule has 31 heavy (non-hydrogen) atoms. The van der Waals surface area contributed by atoms with E-state index in [1.807, 2.05) is 0 Å². The van der Waals surface area contributed by atoms with Crippen LogP contribution in [0.25, 0.3) is 5.65 Å². The summed E-state index contributed by atoms with van der Waals surface area (Å²) < 4.78 is 54.0. The number of nitrogens with one attached hydrogen (secondary N) is 1. The van der Waals surface area contributed by atoms with Gasteiger partial charge >= 0.3 is 5.69 Å². The highest BCUT2D eigenvalue weighted by Crippen LogP contribution is 2.27. The van der Waals surface area contributed by atoms with Crippen molar-refractivity contribution in [3.8, 4) is 0 Å². The van der Waals surface area contributed by atoms with E-state index >= 15 is 0 Å². The highest BCUT2D eigenvalue weighted by Gasteiger charge is 2.30. The zero-order valence-corrected chi connectivity index (χ0v) is 17.1. The Morgan fingerprint density at radius 2 is 1.84 bits per heavy atom. The summed E-state index contributed by atoms with van der Waals surface area (Å²) in [6.45, 7) is -0.566. The molecule has 0 radical (unpaired) electrons. The number of rotatable bonds is 5. The number of hydrogen-bond donors (Lipinski definition) is 1. The van der Waals surface area contributed by atoms with Gasteiger partial charge in [-0.1, -0.05) is 19.3 Å². The fourth-order valence-electron chi connectivity index (χ4n) is 3.61. The summed E-state index contributed by atoms with van der Waals surface area (Å²) >= 11 is 0. The Bertz CT molecular complexity index is 1310. The maximum atomic E-state index is 13.7. The number of hydrogen-bond acceptors (Lipinski definition) is 6. The smallest absolute Gasteiger partial charge is 0.322 e. The number of carbonyl (C=O) groups excluding carboxylic acids is 1. The first-order valence-electron chi connectivity index (χ1n) is 9.71. The van der Waals surface area contributed by atoms with Gasteiger partial charge in [-0.05, 0) is 37.1 Å². The lowest BCUT2D eigenvalue weighted by atomic mass is 10.0. The van der Waals surface area contributed by atoms with Crippen LogP contribution in [-0.2, 0) is 21.2 Å². The lowest BCUT2D eigenvalue weighted by Gasteiger charge is -2.20. The van der Waals surface area contributed by atoms with E-state index < -0.39 is 44.9 Å². The van der Waals surface area contributed by atoms with Gasteiger partial charge in [0.2, 0.25) is 5.91 Å². The Morgan fingerprint density at radius 1 is 1.10 bits per heavy atom. The molecular weight excluding hydrogens is 432 g/mol. The van der Waals surface area contributed by atoms with E-state index in [1.54, 1.807) is 0 Å². The molecule has 1 aliphatic rings. The van der Waals surface area contributed by atoms with Gasteiger partial charge in [-0.15, -0.1) is 10.2 Å². The predicted octanol–water partition coefficient (Wildman–Crippen LogP) is 1.91. The lowest BCUT2D eigenvalue weighted by molar-refractivity contribution is -0.117. The van der Waals surface area contributed by atoms with Crippen LogP contribution in [0.5, 0.6) is 0 Å². The fraction of sp³-hybridized carbons (Fsp3) is 0.368.